The number of nitrogens with one attached hydrogen (secondary N) is 1. The van der Waals surface area contributed by atoms with E-state index in [9.17, 15) is 4.79 Å². The van der Waals surface area contributed by atoms with Crippen molar-refractivity contribution in [1.29, 1.82) is 0 Å². The molecule has 1 amide bonds. The molecule has 0 radical (unpaired) electrons. The van der Waals surface area contributed by atoms with Gasteiger partial charge in [-0.15, -0.1) is 0 Å². The van der Waals surface area contributed by atoms with E-state index in [0.717, 1.165) is 16.5 Å². The Labute approximate surface area is 94.5 Å². The van der Waals surface area contributed by atoms with E-state index < -0.39 is 0 Å². The van der Waals surface area contributed by atoms with Crippen LogP contribution in [0.15, 0.2) is 36.5 Å². The van der Waals surface area contributed by atoms with Gasteiger partial charge in [-0.2, -0.15) is 0 Å². The van der Waals surface area contributed by atoms with Gasteiger partial charge in [0.2, 0.25) is 5.91 Å². The fourth-order valence-electron chi connectivity index (χ4n) is 1.74. The minimum atomic E-state index is 0.0545. The molecule has 0 fully saturated rings. The van der Waals surface area contributed by atoms with Crippen molar-refractivity contribution in [2.24, 2.45) is 0 Å². The van der Waals surface area contributed by atoms with Crippen molar-refractivity contribution in [1.82, 2.24) is 10.3 Å². The third kappa shape index (κ3) is 2.19. The normalized spacial score (nSPS) is 10.3. The minimum absolute atomic E-state index is 0.0545. The Hall–Kier alpha value is -1.90. The molecule has 1 aromatic carbocycles. The maximum atomic E-state index is 11.5. The van der Waals surface area contributed by atoms with Gasteiger partial charge in [-0.05, 0) is 24.6 Å². The number of rotatable bonds is 3. The average Bonchev–Trinajstić information content (AvgIpc) is 2.30. The number of carbonyl (C=O) groups excluding carboxylic acids is 1. The molecule has 2 aromatic rings. The number of likely N-dealkylation sites (N-methyl/N-ethyl adjacent to an activating group) is 1. The molecule has 0 atom stereocenters. The Bertz CT molecular complexity index is 503. The molecule has 1 heterocycles. The van der Waals surface area contributed by atoms with Crippen LogP contribution in [0.2, 0.25) is 0 Å². The molecule has 82 valence electrons. The molecule has 1 N–H and O–H groups in total. The second-order valence-corrected chi connectivity index (χ2v) is 3.62. The van der Waals surface area contributed by atoms with E-state index >= 15 is 0 Å². The fourth-order valence-corrected chi connectivity index (χ4v) is 1.74. The summed E-state index contributed by atoms with van der Waals surface area (Å²) in [5.74, 6) is 0.0545. The number of fused-ring (bicyclic) bond motifs is 1. The predicted molar refractivity (Wildman–Crippen MR) is 64.1 cm³/mol. The topological polar surface area (TPSA) is 42.0 Å². The Kier molecular flexibility index (Phi) is 3.15. The maximum absolute atomic E-state index is 11.5. The molecular formula is C13H14N2O. The van der Waals surface area contributed by atoms with Crippen molar-refractivity contribution < 1.29 is 4.79 Å². The van der Waals surface area contributed by atoms with E-state index in [4.69, 9.17) is 0 Å². The third-order valence-electron chi connectivity index (χ3n) is 2.46. The smallest absolute Gasteiger partial charge is 0.224 e. The van der Waals surface area contributed by atoms with Crippen LogP contribution in [0.1, 0.15) is 12.5 Å². The maximum Gasteiger partial charge on any atom is 0.224 e. The lowest BCUT2D eigenvalue weighted by atomic mass is 10.1. The zero-order valence-corrected chi connectivity index (χ0v) is 9.23. The highest BCUT2D eigenvalue weighted by atomic mass is 16.1. The van der Waals surface area contributed by atoms with E-state index in [1.54, 1.807) is 6.20 Å². The monoisotopic (exact) mass is 214 g/mol. The molecule has 3 heteroatoms. The van der Waals surface area contributed by atoms with Gasteiger partial charge in [-0.1, -0.05) is 18.2 Å². The number of nitrogens with zero attached hydrogens (tertiary/aromatic N) is 1. The van der Waals surface area contributed by atoms with Crippen LogP contribution in [0, 0.1) is 0 Å². The van der Waals surface area contributed by atoms with Crippen LogP contribution in [0.4, 0.5) is 0 Å². The summed E-state index contributed by atoms with van der Waals surface area (Å²) in [5, 5.41) is 3.85. The Morgan fingerprint density at radius 3 is 2.94 bits per heavy atom. The van der Waals surface area contributed by atoms with E-state index in [2.05, 4.69) is 10.3 Å². The van der Waals surface area contributed by atoms with Gasteiger partial charge in [-0.3, -0.25) is 9.78 Å². The summed E-state index contributed by atoms with van der Waals surface area (Å²) < 4.78 is 0. The minimum Gasteiger partial charge on any atom is -0.356 e. The second-order valence-electron chi connectivity index (χ2n) is 3.62. The van der Waals surface area contributed by atoms with Gasteiger partial charge in [0, 0.05) is 18.1 Å². The molecule has 0 saturated carbocycles. The van der Waals surface area contributed by atoms with Gasteiger partial charge in [-0.25, -0.2) is 0 Å². The number of carbonyl (C=O) groups is 1. The van der Waals surface area contributed by atoms with Crippen molar-refractivity contribution in [3.8, 4) is 0 Å². The number of benzene rings is 1. The van der Waals surface area contributed by atoms with Crippen LogP contribution in [-0.2, 0) is 11.2 Å². The van der Waals surface area contributed by atoms with Crippen LogP contribution >= 0.6 is 0 Å². The van der Waals surface area contributed by atoms with Crippen molar-refractivity contribution in [2.45, 2.75) is 13.3 Å². The van der Waals surface area contributed by atoms with Gasteiger partial charge >= 0.3 is 0 Å². The summed E-state index contributed by atoms with van der Waals surface area (Å²) in [7, 11) is 0. The lowest BCUT2D eigenvalue weighted by Gasteiger charge is -2.05. The molecular weight excluding hydrogens is 200 g/mol. The summed E-state index contributed by atoms with van der Waals surface area (Å²) in [6.07, 6.45) is 2.16. The molecule has 0 spiro atoms. The average molecular weight is 214 g/mol. The van der Waals surface area contributed by atoms with Crippen LogP contribution in [0.5, 0.6) is 0 Å². The molecule has 16 heavy (non-hydrogen) atoms. The quantitative estimate of drug-likeness (QED) is 0.848. The lowest BCUT2D eigenvalue weighted by molar-refractivity contribution is -0.120. The first kappa shape index (κ1) is 10.6. The largest absolute Gasteiger partial charge is 0.356 e. The van der Waals surface area contributed by atoms with Crippen LogP contribution in [0.25, 0.3) is 10.9 Å². The Morgan fingerprint density at radius 2 is 2.12 bits per heavy atom. The van der Waals surface area contributed by atoms with Gasteiger partial charge in [0.25, 0.3) is 0 Å². The first-order chi connectivity index (χ1) is 7.81. The second kappa shape index (κ2) is 4.75. The molecule has 0 aliphatic rings. The van der Waals surface area contributed by atoms with E-state index in [0.29, 0.717) is 13.0 Å². The fraction of sp³-hybridized carbons (Fsp3) is 0.231. The van der Waals surface area contributed by atoms with Crippen molar-refractivity contribution in [2.75, 3.05) is 6.54 Å². The number of hydrogen-bond donors (Lipinski definition) is 1. The van der Waals surface area contributed by atoms with Crippen molar-refractivity contribution >= 4 is 16.8 Å². The molecule has 0 aliphatic heterocycles. The number of hydrogen-bond acceptors (Lipinski definition) is 2. The van der Waals surface area contributed by atoms with Gasteiger partial charge < -0.3 is 5.32 Å². The molecule has 3 nitrogen and oxygen atoms in total. The first-order valence-electron chi connectivity index (χ1n) is 5.40. The number of pyridine rings is 1. The zero-order chi connectivity index (χ0) is 11.4. The third-order valence-corrected chi connectivity index (χ3v) is 2.46. The summed E-state index contributed by atoms with van der Waals surface area (Å²) in [6, 6.07) is 9.77. The van der Waals surface area contributed by atoms with Crippen LogP contribution in [-0.4, -0.2) is 17.4 Å². The van der Waals surface area contributed by atoms with Crippen LogP contribution < -0.4 is 5.32 Å². The molecule has 2 rings (SSSR count). The standard InChI is InChI=1S/C13H14N2O/c1-2-14-13(16)9-10-7-8-15-12-6-4-3-5-11(10)12/h3-8H,2,9H2,1H3,(H,14,16). The van der Waals surface area contributed by atoms with E-state index in [1.807, 2.05) is 37.3 Å². The summed E-state index contributed by atoms with van der Waals surface area (Å²) >= 11 is 0. The summed E-state index contributed by atoms with van der Waals surface area (Å²) in [6.45, 7) is 2.59. The van der Waals surface area contributed by atoms with Crippen molar-refractivity contribution in [3.63, 3.8) is 0 Å². The van der Waals surface area contributed by atoms with Gasteiger partial charge in [0.15, 0.2) is 0 Å². The summed E-state index contributed by atoms with van der Waals surface area (Å²) in [5.41, 5.74) is 1.96. The van der Waals surface area contributed by atoms with Gasteiger partial charge in [0.1, 0.15) is 0 Å². The van der Waals surface area contributed by atoms with E-state index in [-0.39, 0.29) is 5.91 Å². The highest BCUT2D eigenvalue weighted by molar-refractivity contribution is 5.87. The first-order valence-corrected chi connectivity index (χ1v) is 5.40. The van der Waals surface area contributed by atoms with Gasteiger partial charge in [0.05, 0.1) is 11.9 Å². The zero-order valence-electron chi connectivity index (χ0n) is 9.23. The molecule has 1 aromatic heterocycles. The molecule has 0 aliphatic carbocycles. The number of para-hydroxylation sites is 1. The van der Waals surface area contributed by atoms with Crippen molar-refractivity contribution in [3.05, 3.63) is 42.1 Å². The Morgan fingerprint density at radius 1 is 1.31 bits per heavy atom. The van der Waals surface area contributed by atoms with E-state index in [1.165, 1.54) is 0 Å². The molecule has 0 unspecified atom stereocenters. The predicted octanol–water partition coefficient (Wildman–Crippen LogP) is 1.91. The Balaban J connectivity index is 2.33. The van der Waals surface area contributed by atoms with Crippen LogP contribution in [0.3, 0.4) is 0 Å². The highest BCUT2D eigenvalue weighted by Crippen LogP contribution is 2.16. The number of aromatic nitrogens is 1. The molecule has 0 saturated heterocycles. The highest BCUT2D eigenvalue weighted by Gasteiger charge is 2.05. The SMILES string of the molecule is CCNC(=O)Cc1ccnc2ccccc12. The lowest BCUT2D eigenvalue weighted by Crippen LogP contribution is -2.24. The molecule has 0 bridgehead atoms. The number of amides is 1. The summed E-state index contributed by atoms with van der Waals surface area (Å²) in [4.78, 5) is 15.8.